The molecule has 1 unspecified atom stereocenters. The molecule has 0 spiro atoms. The van der Waals surface area contributed by atoms with Crippen molar-refractivity contribution >= 4 is 39.1 Å². The van der Waals surface area contributed by atoms with E-state index in [1.807, 2.05) is 25.2 Å². The van der Waals surface area contributed by atoms with Gasteiger partial charge in [0, 0.05) is 44.3 Å². The predicted molar refractivity (Wildman–Crippen MR) is 107 cm³/mol. The number of fused-ring (bicyclic) bond motifs is 1. The second-order valence-electron chi connectivity index (χ2n) is 6.66. The molecule has 2 aliphatic rings. The number of benzene rings is 1. The highest BCUT2D eigenvalue weighted by Crippen LogP contribution is 2.25. The van der Waals surface area contributed by atoms with Gasteiger partial charge in [0.05, 0.1) is 30.0 Å². The van der Waals surface area contributed by atoms with Crippen LogP contribution >= 0.6 is 22.9 Å². The largest absolute Gasteiger partial charge is 0.379 e. The van der Waals surface area contributed by atoms with Crippen molar-refractivity contribution in [3.05, 3.63) is 28.2 Å². The first kappa shape index (κ1) is 18.0. The van der Waals surface area contributed by atoms with Gasteiger partial charge in [0.15, 0.2) is 5.96 Å². The third-order valence-corrected chi connectivity index (χ3v) is 6.30. The normalized spacial score (nSPS) is 22.3. The average molecular weight is 394 g/mol. The molecule has 0 aliphatic carbocycles. The topological polar surface area (TPSA) is 53.0 Å². The molecule has 0 saturated carbocycles. The van der Waals surface area contributed by atoms with Gasteiger partial charge in [0.2, 0.25) is 0 Å². The van der Waals surface area contributed by atoms with Crippen LogP contribution in [0.25, 0.3) is 10.2 Å². The number of guanidine groups is 1. The van der Waals surface area contributed by atoms with Crippen LogP contribution in [0, 0.1) is 0 Å². The highest BCUT2D eigenvalue weighted by Gasteiger charge is 2.30. The molecule has 140 valence electrons. The number of nitrogens with one attached hydrogen (secondary N) is 1. The Morgan fingerprint density at radius 2 is 2.23 bits per heavy atom. The zero-order chi connectivity index (χ0) is 17.9. The minimum Gasteiger partial charge on any atom is -0.379 e. The molecule has 6 nitrogen and oxygen atoms in total. The van der Waals surface area contributed by atoms with Gasteiger partial charge in [-0.05, 0) is 24.6 Å². The van der Waals surface area contributed by atoms with Gasteiger partial charge in [0.25, 0.3) is 0 Å². The number of aliphatic imine (C=N–C) groups is 1. The monoisotopic (exact) mass is 393 g/mol. The van der Waals surface area contributed by atoms with Crippen LogP contribution in [0.15, 0.2) is 23.2 Å². The predicted octanol–water partition coefficient (Wildman–Crippen LogP) is 2.43. The lowest BCUT2D eigenvalue weighted by Gasteiger charge is -2.32. The van der Waals surface area contributed by atoms with Crippen molar-refractivity contribution in [2.75, 3.05) is 46.4 Å². The Bertz CT molecular complexity index is 789. The molecule has 2 aromatic rings. The van der Waals surface area contributed by atoms with E-state index < -0.39 is 0 Å². The smallest absolute Gasteiger partial charge is 0.194 e. The molecule has 2 aliphatic heterocycles. The number of aromatic nitrogens is 1. The standard InChI is InChI=1S/C18H24ClN5OS/c1-20-18(24-5-4-14(12-24)23-6-8-25-9-7-23)21-11-17-22-15-10-13(19)2-3-16(15)26-17/h2-3,10,14H,4-9,11-12H2,1H3,(H,20,21). The van der Waals surface area contributed by atoms with E-state index in [1.165, 1.54) is 6.42 Å². The van der Waals surface area contributed by atoms with Crippen LogP contribution in [0.4, 0.5) is 0 Å². The van der Waals surface area contributed by atoms with Crippen LogP contribution < -0.4 is 5.32 Å². The molecule has 1 aromatic heterocycles. The summed E-state index contributed by atoms with van der Waals surface area (Å²) in [5, 5.41) is 5.25. The van der Waals surface area contributed by atoms with Crippen molar-refractivity contribution in [3.8, 4) is 0 Å². The molecule has 0 bridgehead atoms. The first-order chi connectivity index (χ1) is 12.7. The van der Waals surface area contributed by atoms with E-state index in [2.05, 4.69) is 25.1 Å². The molecule has 2 fully saturated rings. The number of rotatable bonds is 3. The van der Waals surface area contributed by atoms with Crippen molar-refractivity contribution in [1.82, 2.24) is 20.1 Å². The third kappa shape index (κ3) is 3.96. The van der Waals surface area contributed by atoms with Gasteiger partial charge in [-0.3, -0.25) is 9.89 Å². The van der Waals surface area contributed by atoms with Crippen molar-refractivity contribution in [2.45, 2.75) is 19.0 Å². The maximum absolute atomic E-state index is 6.05. The quantitative estimate of drug-likeness (QED) is 0.641. The summed E-state index contributed by atoms with van der Waals surface area (Å²) in [5.41, 5.74) is 0.961. The van der Waals surface area contributed by atoms with Gasteiger partial charge in [-0.1, -0.05) is 11.6 Å². The number of hydrogen-bond donors (Lipinski definition) is 1. The average Bonchev–Trinajstić information content (AvgIpc) is 3.30. The molecule has 8 heteroatoms. The Hall–Kier alpha value is -1.41. The summed E-state index contributed by atoms with van der Waals surface area (Å²) in [6.07, 6.45) is 1.18. The van der Waals surface area contributed by atoms with Crippen LogP contribution in [0.2, 0.25) is 5.02 Å². The van der Waals surface area contributed by atoms with E-state index in [0.717, 1.165) is 65.6 Å². The molecule has 26 heavy (non-hydrogen) atoms. The minimum absolute atomic E-state index is 0.599. The molecule has 0 radical (unpaired) electrons. The fourth-order valence-electron chi connectivity index (χ4n) is 3.69. The molecule has 0 amide bonds. The number of ether oxygens (including phenoxy) is 1. The summed E-state index contributed by atoms with van der Waals surface area (Å²) in [4.78, 5) is 14.0. The van der Waals surface area contributed by atoms with Gasteiger partial charge in [-0.15, -0.1) is 11.3 Å². The van der Waals surface area contributed by atoms with E-state index in [4.69, 9.17) is 16.3 Å². The Morgan fingerprint density at radius 1 is 1.38 bits per heavy atom. The summed E-state index contributed by atoms with van der Waals surface area (Å²) in [6, 6.07) is 6.45. The Balaban J connectivity index is 1.35. The highest BCUT2D eigenvalue weighted by molar-refractivity contribution is 7.18. The SMILES string of the molecule is CN=C(NCc1nc2cc(Cl)ccc2s1)N1CCC(N2CCOCC2)C1. The number of nitrogens with zero attached hydrogens (tertiary/aromatic N) is 4. The van der Waals surface area contributed by atoms with Gasteiger partial charge in [0.1, 0.15) is 5.01 Å². The van der Waals surface area contributed by atoms with Crippen molar-refractivity contribution in [3.63, 3.8) is 0 Å². The summed E-state index contributed by atoms with van der Waals surface area (Å²) in [7, 11) is 1.85. The maximum Gasteiger partial charge on any atom is 0.194 e. The molecule has 4 rings (SSSR count). The van der Waals surface area contributed by atoms with Crippen molar-refractivity contribution in [1.29, 1.82) is 0 Å². The fourth-order valence-corrected chi connectivity index (χ4v) is 4.74. The summed E-state index contributed by atoms with van der Waals surface area (Å²) >= 11 is 7.75. The molecule has 1 N–H and O–H groups in total. The lowest BCUT2D eigenvalue weighted by atomic mass is 10.2. The Kier molecular flexibility index (Phi) is 5.59. The lowest BCUT2D eigenvalue weighted by Crippen LogP contribution is -2.46. The molecule has 1 aromatic carbocycles. The number of likely N-dealkylation sites (tertiary alicyclic amines) is 1. The van der Waals surface area contributed by atoms with Crippen LogP contribution in [-0.4, -0.2) is 73.2 Å². The number of morpholine rings is 1. The highest BCUT2D eigenvalue weighted by atomic mass is 35.5. The lowest BCUT2D eigenvalue weighted by molar-refractivity contribution is 0.0195. The second-order valence-corrected chi connectivity index (χ2v) is 8.21. The fraction of sp³-hybridized carbons (Fsp3) is 0.556. The van der Waals surface area contributed by atoms with E-state index in [-0.39, 0.29) is 0 Å². The summed E-state index contributed by atoms with van der Waals surface area (Å²) < 4.78 is 6.63. The van der Waals surface area contributed by atoms with E-state index in [9.17, 15) is 0 Å². The molecule has 1 atom stereocenters. The van der Waals surface area contributed by atoms with Gasteiger partial charge in [-0.25, -0.2) is 4.98 Å². The first-order valence-electron chi connectivity index (χ1n) is 9.05. The third-order valence-electron chi connectivity index (χ3n) is 5.03. The van der Waals surface area contributed by atoms with Gasteiger partial charge in [-0.2, -0.15) is 0 Å². The summed E-state index contributed by atoms with van der Waals surface area (Å²) in [5.74, 6) is 0.957. The molecular weight excluding hydrogens is 370 g/mol. The molecular formula is C18H24ClN5OS. The van der Waals surface area contributed by atoms with Gasteiger partial charge >= 0.3 is 0 Å². The van der Waals surface area contributed by atoms with Crippen LogP contribution in [-0.2, 0) is 11.3 Å². The van der Waals surface area contributed by atoms with Crippen molar-refractivity contribution < 1.29 is 4.74 Å². The van der Waals surface area contributed by atoms with Crippen LogP contribution in [0.5, 0.6) is 0 Å². The number of hydrogen-bond acceptors (Lipinski definition) is 5. The molecule has 3 heterocycles. The first-order valence-corrected chi connectivity index (χ1v) is 10.2. The zero-order valence-corrected chi connectivity index (χ0v) is 16.5. The van der Waals surface area contributed by atoms with E-state index >= 15 is 0 Å². The van der Waals surface area contributed by atoms with Crippen molar-refractivity contribution in [2.24, 2.45) is 4.99 Å². The zero-order valence-electron chi connectivity index (χ0n) is 14.9. The van der Waals surface area contributed by atoms with Gasteiger partial charge < -0.3 is 15.0 Å². The van der Waals surface area contributed by atoms with E-state index in [0.29, 0.717) is 12.6 Å². The van der Waals surface area contributed by atoms with E-state index in [1.54, 1.807) is 11.3 Å². The Morgan fingerprint density at radius 3 is 3.04 bits per heavy atom. The maximum atomic E-state index is 6.05. The summed E-state index contributed by atoms with van der Waals surface area (Å²) in [6.45, 7) is 6.53. The minimum atomic E-state index is 0.599. The van der Waals surface area contributed by atoms with Crippen LogP contribution in [0.3, 0.4) is 0 Å². The Labute approximate surface area is 162 Å². The second kappa shape index (κ2) is 8.08. The number of halogens is 1. The molecule has 2 saturated heterocycles. The number of thiazole rings is 1. The van der Waals surface area contributed by atoms with Crippen LogP contribution in [0.1, 0.15) is 11.4 Å².